The van der Waals surface area contributed by atoms with E-state index in [1.807, 2.05) is 6.07 Å². The van der Waals surface area contributed by atoms with Gasteiger partial charge in [0.1, 0.15) is 0 Å². The van der Waals surface area contributed by atoms with E-state index in [1.165, 1.54) is 0 Å². The number of benzene rings is 1. The molecule has 0 aliphatic rings. The molecule has 1 unspecified atom stereocenters. The predicted molar refractivity (Wildman–Crippen MR) is 73.0 cm³/mol. The van der Waals surface area contributed by atoms with Gasteiger partial charge in [-0.1, -0.05) is 18.5 Å². The maximum Gasteiger partial charge on any atom is 0.337 e. The fourth-order valence-electron chi connectivity index (χ4n) is 1.50. The van der Waals surface area contributed by atoms with Crippen molar-refractivity contribution < 1.29 is 18.3 Å². The summed E-state index contributed by atoms with van der Waals surface area (Å²) in [6.07, 6.45) is 0.518. The van der Waals surface area contributed by atoms with Crippen molar-refractivity contribution in [1.82, 2.24) is 4.72 Å². The third kappa shape index (κ3) is 3.93. The van der Waals surface area contributed by atoms with Gasteiger partial charge in [0.2, 0.25) is 10.0 Å². The average Bonchev–Trinajstić information content (AvgIpc) is 2.37. The Hall–Kier alpha value is -1.62. The van der Waals surface area contributed by atoms with Crippen LogP contribution in [0.1, 0.15) is 30.1 Å². The van der Waals surface area contributed by atoms with Crippen LogP contribution in [-0.2, 0) is 10.0 Å². The second-order valence-electron chi connectivity index (χ2n) is 4.04. The molecule has 0 radical (unpaired) electrons. The number of hydrogen-bond acceptors (Lipinski definition) is 4. The molecule has 1 aromatic rings. The summed E-state index contributed by atoms with van der Waals surface area (Å²) < 4.78 is 26.5. The summed E-state index contributed by atoms with van der Waals surface area (Å²) in [7, 11) is -3.84. The summed E-state index contributed by atoms with van der Waals surface area (Å²) in [4.78, 5) is 10.7. The van der Waals surface area contributed by atoms with Crippen LogP contribution >= 0.6 is 11.6 Å². The molecule has 0 aromatic heterocycles. The SMILES string of the molecule is CCC(CC#N)NS(=O)(=O)c1ccc(C(=O)O)c(Cl)c1. The van der Waals surface area contributed by atoms with Crippen molar-refractivity contribution in [3.05, 3.63) is 28.8 Å². The largest absolute Gasteiger partial charge is 0.478 e. The van der Waals surface area contributed by atoms with Gasteiger partial charge in [0, 0.05) is 6.04 Å². The molecule has 0 spiro atoms. The molecule has 1 atom stereocenters. The van der Waals surface area contributed by atoms with E-state index in [0.29, 0.717) is 6.42 Å². The molecule has 0 aliphatic carbocycles. The van der Waals surface area contributed by atoms with Crippen molar-refractivity contribution in [1.29, 1.82) is 5.26 Å². The minimum absolute atomic E-state index is 0.0523. The number of hydrogen-bond donors (Lipinski definition) is 2. The van der Waals surface area contributed by atoms with Gasteiger partial charge in [-0.25, -0.2) is 17.9 Å². The van der Waals surface area contributed by atoms with Crippen LogP contribution in [0.3, 0.4) is 0 Å². The minimum Gasteiger partial charge on any atom is -0.478 e. The molecule has 108 valence electrons. The van der Waals surface area contributed by atoms with Crippen molar-refractivity contribution in [2.45, 2.75) is 30.7 Å². The quantitative estimate of drug-likeness (QED) is 0.834. The molecule has 1 aromatic carbocycles. The summed E-state index contributed by atoms with van der Waals surface area (Å²) in [5.74, 6) is -1.23. The smallest absolute Gasteiger partial charge is 0.337 e. The van der Waals surface area contributed by atoms with E-state index in [2.05, 4.69) is 4.72 Å². The summed E-state index contributed by atoms with van der Waals surface area (Å²) in [6, 6.07) is 4.77. The third-order valence-electron chi connectivity index (χ3n) is 2.63. The minimum atomic E-state index is -3.84. The van der Waals surface area contributed by atoms with Crippen LogP contribution in [0, 0.1) is 11.3 Å². The van der Waals surface area contributed by atoms with Crippen molar-refractivity contribution in [3.8, 4) is 6.07 Å². The van der Waals surface area contributed by atoms with Gasteiger partial charge in [0.25, 0.3) is 0 Å². The van der Waals surface area contributed by atoms with Gasteiger partial charge in [-0.15, -0.1) is 0 Å². The molecular formula is C12H13ClN2O4S. The second-order valence-corrected chi connectivity index (χ2v) is 6.16. The molecule has 0 heterocycles. The summed E-state index contributed by atoms with van der Waals surface area (Å²) >= 11 is 5.74. The monoisotopic (exact) mass is 316 g/mol. The fraction of sp³-hybridized carbons (Fsp3) is 0.333. The fourth-order valence-corrected chi connectivity index (χ4v) is 3.17. The van der Waals surface area contributed by atoms with E-state index in [1.54, 1.807) is 6.92 Å². The van der Waals surface area contributed by atoms with Gasteiger partial charge in [0.15, 0.2) is 0 Å². The van der Waals surface area contributed by atoms with Crippen molar-refractivity contribution in [3.63, 3.8) is 0 Å². The first-order chi connectivity index (χ1) is 9.31. The highest BCUT2D eigenvalue weighted by Gasteiger charge is 2.21. The highest BCUT2D eigenvalue weighted by atomic mass is 35.5. The highest BCUT2D eigenvalue weighted by molar-refractivity contribution is 7.89. The number of sulfonamides is 1. The Labute approximate surface area is 122 Å². The number of carboxylic acid groups (broad SMARTS) is 1. The van der Waals surface area contributed by atoms with E-state index < -0.39 is 22.0 Å². The second kappa shape index (κ2) is 6.70. The molecule has 6 nitrogen and oxygen atoms in total. The lowest BCUT2D eigenvalue weighted by molar-refractivity contribution is 0.0697. The molecule has 0 saturated carbocycles. The van der Waals surface area contributed by atoms with E-state index in [-0.39, 0.29) is 21.9 Å². The Balaban J connectivity index is 3.08. The number of aromatic carboxylic acids is 1. The van der Waals surface area contributed by atoms with Gasteiger partial charge < -0.3 is 5.11 Å². The zero-order chi connectivity index (χ0) is 15.3. The van der Waals surface area contributed by atoms with Crippen molar-refractivity contribution in [2.75, 3.05) is 0 Å². The molecule has 8 heteroatoms. The number of nitriles is 1. The molecule has 0 amide bonds. The number of carboxylic acids is 1. The maximum absolute atomic E-state index is 12.1. The van der Waals surface area contributed by atoms with Crippen LogP contribution in [0.2, 0.25) is 5.02 Å². The van der Waals surface area contributed by atoms with Crippen LogP contribution in [0.15, 0.2) is 23.1 Å². The number of nitrogens with one attached hydrogen (secondary N) is 1. The standard InChI is InChI=1S/C12H13ClN2O4S/c1-2-8(5-6-14)15-20(18,19)9-3-4-10(12(16)17)11(13)7-9/h3-4,7-8,15H,2,5H2,1H3,(H,16,17). The summed E-state index contributed by atoms with van der Waals surface area (Å²) in [5.41, 5.74) is -0.172. The Morgan fingerprint density at radius 3 is 2.65 bits per heavy atom. The number of nitrogens with zero attached hydrogens (tertiary/aromatic N) is 1. The van der Waals surface area contributed by atoms with Gasteiger partial charge in [-0.3, -0.25) is 0 Å². The Morgan fingerprint density at radius 1 is 1.55 bits per heavy atom. The van der Waals surface area contributed by atoms with Crippen LogP contribution in [0.5, 0.6) is 0 Å². The van der Waals surface area contributed by atoms with E-state index in [0.717, 1.165) is 18.2 Å². The van der Waals surface area contributed by atoms with Gasteiger partial charge >= 0.3 is 5.97 Å². The third-order valence-corrected chi connectivity index (χ3v) is 4.46. The van der Waals surface area contributed by atoms with E-state index in [9.17, 15) is 13.2 Å². The van der Waals surface area contributed by atoms with Gasteiger partial charge in [-0.2, -0.15) is 5.26 Å². The Morgan fingerprint density at radius 2 is 2.20 bits per heavy atom. The first-order valence-corrected chi connectivity index (χ1v) is 7.60. The molecule has 20 heavy (non-hydrogen) atoms. The summed E-state index contributed by atoms with van der Waals surface area (Å²) in [6.45, 7) is 1.75. The first-order valence-electron chi connectivity index (χ1n) is 5.74. The lowest BCUT2D eigenvalue weighted by atomic mass is 10.2. The first kappa shape index (κ1) is 16.4. The Kier molecular flexibility index (Phi) is 5.51. The number of rotatable bonds is 6. The van der Waals surface area contributed by atoms with Crippen LogP contribution in [0.4, 0.5) is 0 Å². The van der Waals surface area contributed by atoms with Crippen molar-refractivity contribution in [2.24, 2.45) is 0 Å². The Bertz CT molecular complexity index is 652. The van der Waals surface area contributed by atoms with E-state index in [4.69, 9.17) is 22.0 Å². The normalized spacial score (nSPS) is 12.7. The predicted octanol–water partition coefficient (Wildman–Crippen LogP) is 2.01. The average molecular weight is 317 g/mol. The zero-order valence-corrected chi connectivity index (χ0v) is 12.2. The van der Waals surface area contributed by atoms with Crippen LogP contribution < -0.4 is 4.72 Å². The van der Waals surface area contributed by atoms with Crippen molar-refractivity contribution >= 4 is 27.6 Å². The van der Waals surface area contributed by atoms with Crippen LogP contribution in [-0.4, -0.2) is 25.5 Å². The molecule has 0 fully saturated rings. The van der Waals surface area contributed by atoms with Gasteiger partial charge in [0.05, 0.1) is 28.0 Å². The lowest BCUT2D eigenvalue weighted by Gasteiger charge is -2.14. The zero-order valence-electron chi connectivity index (χ0n) is 10.6. The number of carbonyl (C=O) groups is 1. The molecule has 0 bridgehead atoms. The molecule has 0 aliphatic heterocycles. The molecule has 2 N–H and O–H groups in total. The highest BCUT2D eigenvalue weighted by Crippen LogP contribution is 2.21. The molecule has 0 saturated heterocycles. The van der Waals surface area contributed by atoms with Gasteiger partial charge in [-0.05, 0) is 24.6 Å². The molecular weight excluding hydrogens is 304 g/mol. The lowest BCUT2D eigenvalue weighted by Crippen LogP contribution is -2.34. The van der Waals surface area contributed by atoms with Crippen LogP contribution in [0.25, 0.3) is 0 Å². The maximum atomic E-state index is 12.1. The number of halogens is 1. The molecule has 1 rings (SSSR count). The topological polar surface area (TPSA) is 107 Å². The van der Waals surface area contributed by atoms with E-state index >= 15 is 0 Å². The summed E-state index contributed by atoms with van der Waals surface area (Å²) in [5, 5.41) is 17.3.